The summed E-state index contributed by atoms with van der Waals surface area (Å²) in [5.74, 6) is 0.226. The topological polar surface area (TPSA) is 55.1 Å². The molecule has 0 radical (unpaired) electrons. The Labute approximate surface area is 119 Å². The van der Waals surface area contributed by atoms with Crippen LogP contribution in [0.5, 0.6) is 0 Å². The van der Waals surface area contributed by atoms with Crippen LogP contribution in [0.1, 0.15) is 44.2 Å². The molecule has 3 nitrogen and oxygen atoms in total. The minimum absolute atomic E-state index is 0.0585. The Morgan fingerprint density at radius 3 is 2.58 bits per heavy atom. The highest BCUT2D eigenvalue weighted by atomic mass is 35.5. The van der Waals surface area contributed by atoms with Crippen LogP contribution in [0.4, 0.5) is 0 Å². The predicted octanol–water partition coefficient (Wildman–Crippen LogP) is 3.03. The number of hydrogen-bond donors (Lipinski definition) is 2. The minimum atomic E-state index is -0.0585. The van der Waals surface area contributed by atoms with Crippen molar-refractivity contribution < 1.29 is 4.79 Å². The summed E-state index contributed by atoms with van der Waals surface area (Å²) in [5.41, 5.74) is 6.82. The summed E-state index contributed by atoms with van der Waals surface area (Å²) in [6.45, 7) is 1.97. The van der Waals surface area contributed by atoms with Crippen LogP contribution in [0.15, 0.2) is 24.3 Å². The molecular formula is C15H21ClN2O. The van der Waals surface area contributed by atoms with Crippen molar-refractivity contribution >= 4 is 17.5 Å². The van der Waals surface area contributed by atoms with Crippen LogP contribution in [0.25, 0.3) is 0 Å². The number of rotatable bonds is 3. The summed E-state index contributed by atoms with van der Waals surface area (Å²) in [6, 6.07) is 7.83. The highest BCUT2D eigenvalue weighted by Gasteiger charge is 2.25. The molecule has 0 aromatic heterocycles. The van der Waals surface area contributed by atoms with Crippen molar-refractivity contribution in [2.45, 2.75) is 44.7 Å². The lowest BCUT2D eigenvalue weighted by molar-refractivity contribution is -0.126. The van der Waals surface area contributed by atoms with E-state index in [2.05, 4.69) is 5.32 Å². The zero-order valence-electron chi connectivity index (χ0n) is 11.2. The maximum Gasteiger partial charge on any atom is 0.223 e. The van der Waals surface area contributed by atoms with Gasteiger partial charge in [0.25, 0.3) is 0 Å². The van der Waals surface area contributed by atoms with E-state index in [1.165, 1.54) is 0 Å². The van der Waals surface area contributed by atoms with Gasteiger partial charge in [-0.25, -0.2) is 0 Å². The first-order chi connectivity index (χ1) is 9.08. The zero-order valence-corrected chi connectivity index (χ0v) is 12.0. The molecule has 4 heteroatoms. The lowest BCUT2D eigenvalue weighted by atomic mass is 9.85. The van der Waals surface area contributed by atoms with Gasteiger partial charge < -0.3 is 11.1 Å². The van der Waals surface area contributed by atoms with Crippen LogP contribution in [0.3, 0.4) is 0 Å². The molecule has 0 unspecified atom stereocenters. The maximum atomic E-state index is 12.2. The fourth-order valence-corrected chi connectivity index (χ4v) is 2.92. The first-order valence-corrected chi connectivity index (χ1v) is 7.26. The first kappa shape index (κ1) is 14.4. The average molecular weight is 281 g/mol. The van der Waals surface area contributed by atoms with E-state index in [1.807, 2.05) is 31.2 Å². The molecule has 1 aliphatic carbocycles. The van der Waals surface area contributed by atoms with Crippen molar-refractivity contribution in [2.75, 3.05) is 0 Å². The number of nitrogens with two attached hydrogens (primary N) is 1. The molecule has 1 atom stereocenters. The minimum Gasteiger partial charge on any atom is -0.349 e. The SMILES string of the molecule is C[C@H](NC(=O)C1CCC(N)CC1)c1ccccc1Cl. The molecule has 104 valence electrons. The number of halogens is 1. The smallest absolute Gasteiger partial charge is 0.223 e. The number of amides is 1. The van der Waals surface area contributed by atoms with E-state index in [0.717, 1.165) is 31.2 Å². The summed E-state index contributed by atoms with van der Waals surface area (Å²) in [7, 11) is 0. The second-order valence-corrected chi connectivity index (χ2v) is 5.77. The molecule has 1 saturated carbocycles. The second kappa shape index (κ2) is 6.40. The van der Waals surface area contributed by atoms with Gasteiger partial charge in [0.05, 0.1) is 6.04 Å². The van der Waals surface area contributed by atoms with Crippen molar-refractivity contribution in [3.05, 3.63) is 34.9 Å². The predicted molar refractivity (Wildman–Crippen MR) is 77.9 cm³/mol. The van der Waals surface area contributed by atoms with E-state index in [1.54, 1.807) is 0 Å². The molecule has 3 N–H and O–H groups in total. The highest BCUT2D eigenvalue weighted by molar-refractivity contribution is 6.31. The Bertz CT molecular complexity index is 442. The molecule has 1 aliphatic rings. The van der Waals surface area contributed by atoms with Gasteiger partial charge in [0.15, 0.2) is 0 Å². The molecule has 0 aliphatic heterocycles. The summed E-state index contributed by atoms with van der Waals surface area (Å²) in [5, 5.41) is 3.75. The lowest BCUT2D eigenvalue weighted by Gasteiger charge is -2.26. The van der Waals surface area contributed by atoms with Gasteiger partial charge in [-0.05, 0) is 44.2 Å². The number of hydrogen-bond acceptors (Lipinski definition) is 2. The summed E-state index contributed by atoms with van der Waals surface area (Å²) in [4.78, 5) is 12.2. The Kier molecular flexibility index (Phi) is 4.83. The van der Waals surface area contributed by atoms with Gasteiger partial charge in [0, 0.05) is 17.0 Å². The van der Waals surface area contributed by atoms with Gasteiger partial charge in [0.2, 0.25) is 5.91 Å². The third-order valence-corrected chi connectivity index (χ3v) is 4.22. The Morgan fingerprint density at radius 2 is 1.95 bits per heavy atom. The molecule has 2 rings (SSSR count). The fraction of sp³-hybridized carbons (Fsp3) is 0.533. The molecule has 19 heavy (non-hydrogen) atoms. The molecule has 1 aromatic rings. The van der Waals surface area contributed by atoms with Gasteiger partial charge in [-0.15, -0.1) is 0 Å². The molecule has 0 saturated heterocycles. The molecule has 1 aromatic carbocycles. The van der Waals surface area contributed by atoms with Gasteiger partial charge >= 0.3 is 0 Å². The highest BCUT2D eigenvalue weighted by Crippen LogP contribution is 2.26. The van der Waals surface area contributed by atoms with Crippen molar-refractivity contribution in [1.82, 2.24) is 5.32 Å². The van der Waals surface area contributed by atoms with E-state index in [0.29, 0.717) is 5.02 Å². The second-order valence-electron chi connectivity index (χ2n) is 5.36. The fourth-order valence-electron chi connectivity index (χ4n) is 2.62. The Hall–Kier alpha value is -1.06. The summed E-state index contributed by atoms with van der Waals surface area (Å²) in [6.07, 6.45) is 3.67. The van der Waals surface area contributed by atoms with E-state index in [4.69, 9.17) is 17.3 Å². The lowest BCUT2D eigenvalue weighted by Crippen LogP contribution is -2.37. The quantitative estimate of drug-likeness (QED) is 0.894. The van der Waals surface area contributed by atoms with E-state index in [9.17, 15) is 4.79 Å². The summed E-state index contributed by atoms with van der Waals surface area (Å²) < 4.78 is 0. The number of carbonyl (C=O) groups excluding carboxylic acids is 1. The third-order valence-electron chi connectivity index (χ3n) is 3.87. The Balaban J connectivity index is 1.94. The molecule has 0 bridgehead atoms. The van der Waals surface area contributed by atoms with E-state index in [-0.39, 0.29) is 23.9 Å². The molecule has 1 fully saturated rings. The maximum absolute atomic E-state index is 12.2. The van der Waals surface area contributed by atoms with Crippen molar-refractivity contribution in [1.29, 1.82) is 0 Å². The van der Waals surface area contributed by atoms with Crippen LogP contribution in [0, 0.1) is 5.92 Å². The van der Waals surface area contributed by atoms with Crippen LogP contribution in [0.2, 0.25) is 5.02 Å². The van der Waals surface area contributed by atoms with Crippen LogP contribution in [-0.2, 0) is 4.79 Å². The van der Waals surface area contributed by atoms with Gasteiger partial charge in [-0.1, -0.05) is 29.8 Å². The van der Waals surface area contributed by atoms with Crippen molar-refractivity contribution in [3.63, 3.8) is 0 Å². The average Bonchev–Trinajstić information content (AvgIpc) is 2.39. The molecule has 0 heterocycles. The van der Waals surface area contributed by atoms with Gasteiger partial charge in [-0.2, -0.15) is 0 Å². The summed E-state index contributed by atoms with van der Waals surface area (Å²) >= 11 is 6.14. The number of benzene rings is 1. The monoisotopic (exact) mass is 280 g/mol. The van der Waals surface area contributed by atoms with Crippen molar-refractivity contribution in [2.24, 2.45) is 11.7 Å². The molecule has 0 spiro atoms. The Morgan fingerprint density at radius 1 is 1.32 bits per heavy atom. The normalized spacial score (nSPS) is 24.8. The van der Waals surface area contributed by atoms with Crippen LogP contribution >= 0.6 is 11.6 Å². The zero-order chi connectivity index (χ0) is 13.8. The number of carbonyl (C=O) groups is 1. The van der Waals surface area contributed by atoms with Gasteiger partial charge in [0.1, 0.15) is 0 Å². The van der Waals surface area contributed by atoms with Crippen molar-refractivity contribution in [3.8, 4) is 0 Å². The van der Waals surface area contributed by atoms with E-state index >= 15 is 0 Å². The molecular weight excluding hydrogens is 260 g/mol. The van der Waals surface area contributed by atoms with Crippen LogP contribution < -0.4 is 11.1 Å². The third kappa shape index (κ3) is 3.71. The van der Waals surface area contributed by atoms with E-state index < -0.39 is 0 Å². The largest absolute Gasteiger partial charge is 0.349 e. The van der Waals surface area contributed by atoms with Gasteiger partial charge in [-0.3, -0.25) is 4.79 Å². The molecule has 1 amide bonds. The first-order valence-electron chi connectivity index (χ1n) is 6.88. The van der Waals surface area contributed by atoms with Crippen LogP contribution in [-0.4, -0.2) is 11.9 Å². The number of nitrogens with one attached hydrogen (secondary N) is 1. The standard InChI is InChI=1S/C15H21ClN2O/c1-10(13-4-2-3-5-14(13)16)18-15(19)11-6-8-12(17)9-7-11/h2-5,10-12H,6-9,17H2,1H3,(H,18,19)/t10-,11?,12?/m0/s1.